The smallest absolute Gasteiger partial charge is 0.344 e. The van der Waals surface area contributed by atoms with Gasteiger partial charge in [0.2, 0.25) is 5.54 Å². The van der Waals surface area contributed by atoms with Crippen LogP contribution in [0.2, 0.25) is 0 Å². The van der Waals surface area contributed by atoms with E-state index in [9.17, 15) is 13.6 Å². The predicted octanol–water partition coefficient (Wildman–Crippen LogP) is 4.94. The number of nitrogens with one attached hydrogen (secondary N) is 1. The Kier molecular flexibility index (Phi) is 4.89. The summed E-state index contributed by atoms with van der Waals surface area (Å²) < 4.78 is 33.6. The van der Waals surface area contributed by atoms with E-state index in [1.807, 2.05) is 35.2 Å². The van der Waals surface area contributed by atoms with Crippen molar-refractivity contribution in [2.45, 2.75) is 18.4 Å². The number of nitrogens with zero attached hydrogens (tertiary/aromatic N) is 2. The molecular formula is C25H21F2N3O2. The highest BCUT2D eigenvalue weighted by Gasteiger charge is 2.52. The second-order valence-corrected chi connectivity index (χ2v) is 7.82. The van der Waals surface area contributed by atoms with Crippen molar-refractivity contribution in [2.75, 3.05) is 23.9 Å². The molecule has 5 rings (SSSR count). The predicted molar refractivity (Wildman–Crippen MR) is 119 cm³/mol. The first-order chi connectivity index (χ1) is 15.5. The van der Waals surface area contributed by atoms with Gasteiger partial charge < -0.3 is 15.0 Å². The molecule has 7 heteroatoms. The number of esters is 1. The zero-order chi connectivity index (χ0) is 22.3. The molecule has 0 saturated heterocycles. The Balaban J connectivity index is 1.79. The molecule has 32 heavy (non-hydrogen) atoms. The summed E-state index contributed by atoms with van der Waals surface area (Å²) in [5.74, 6) is -0.946. The van der Waals surface area contributed by atoms with Crippen molar-refractivity contribution in [2.24, 2.45) is 4.99 Å². The standard InChI is InChI=1S/C25H21F2N3O2/c1-32-24(31)25(16-11-13-17(26)14-12-16)23(28-20-8-2-3-9-21(20)29-25)30-15-5-6-18-19(27)7-4-10-22(18)30/h2-4,7-14,29H,5-6,15H2,1H3. The van der Waals surface area contributed by atoms with Crippen molar-refractivity contribution >= 4 is 28.9 Å². The van der Waals surface area contributed by atoms with Crippen molar-refractivity contribution in [3.63, 3.8) is 0 Å². The van der Waals surface area contributed by atoms with Crippen molar-refractivity contribution in [3.8, 4) is 0 Å². The van der Waals surface area contributed by atoms with Crippen LogP contribution < -0.4 is 10.2 Å². The Morgan fingerprint density at radius 2 is 1.84 bits per heavy atom. The number of fused-ring (bicyclic) bond motifs is 2. The fraction of sp³-hybridized carbons (Fsp3) is 0.200. The third-order valence-electron chi connectivity index (χ3n) is 6.01. The van der Waals surface area contributed by atoms with Crippen molar-refractivity contribution in [1.82, 2.24) is 0 Å². The number of hydrogen-bond acceptors (Lipinski definition) is 5. The first-order valence-corrected chi connectivity index (χ1v) is 10.4. The lowest BCUT2D eigenvalue weighted by Crippen LogP contribution is -2.59. The van der Waals surface area contributed by atoms with E-state index in [-0.39, 0.29) is 5.82 Å². The van der Waals surface area contributed by atoms with Crippen molar-refractivity contribution in [3.05, 3.63) is 89.5 Å². The monoisotopic (exact) mass is 433 g/mol. The Morgan fingerprint density at radius 3 is 2.62 bits per heavy atom. The van der Waals surface area contributed by atoms with E-state index in [4.69, 9.17) is 9.73 Å². The molecule has 1 N–H and O–H groups in total. The molecule has 3 aromatic carbocycles. The number of carbonyl (C=O) groups is 1. The molecule has 162 valence electrons. The summed E-state index contributed by atoms with van der Waals surface area (Å²) in [7, 11) is 1.30. The molecule has 0 radical (unpaired) electrons. The molecule has 1 unspecified atom stereocenters. The van der Waals surface area contributed by atoms with E-state index in [2.05, 4.69) is 5.32 Å². The van der Waals surface area contributed by atoms with Gasteiger partial charge in [0.05, 0.1) is 18.5 Å². The number of methoxy groups -OCH3 is 1. The van der Waals surface area contributed by atoms with Gasteiger partial charge in [0.1, 0.15) is 11.6 Å². The zero-order valence-electron chi connectivity index (χ0n) is 17.4. The van der Waals surface area contributed by atoms with Crippen LogP contribution in [0.4, 0.5) is 25.8 Å². The van der Waals surface area contributed by atoms with Gasteiger partial charge in [0.25, 0.3) is 0 Å². The number of carbonyl (C=O) groups excluding carboxylic acids is 1. The molecule has 0 fully saturated rings. The normalized spacial score (nSPS) is 19.3. The summed E-state index contributed by atoms with van der Waals surface area (Å²) in [4.78, 5) is 20.2. The molecule has 0 saturated carbocycles. The summed E-state index contributed by atoms with van der Waals surface area (Å²) in [6.45, 7) is 0.541. The Hall–Kier alpha value is -3.74. The number of para-hydroxylation sites is 2. The minimum atomic E-state index is -1.54. The van der Waals surface area contributed by atoms with Gasteiger partial charge in [0, 0.05) is 17.8 Å². The van der Waals surface area contributed by atoms with Gasteiger partial charge in [-0.25, -0.2) is 18.6 Å². The first-order valence-electron chi connectivity index (χ1n) is 10.4. The lowest BCUT2D eigenvalue weighted by atomic mass is 9.84. The average molecular weight is 433 g/mol. The van der Waals surface area contributed by atoms with Crippen LogP contribution in [0, 0.1) is 11.6 Å². The number of hydrogen-bond donors (Lipinski definition) is 1. The summed E-state index contributed by atoms with van der Waals surface area (Å²) in [5, 5.41) is 3.33. The van der Waals surface area contributed by atoms with Crippen LogP contribution in [0.5, 0.6) is 0 Å². The third-order valence-corrected chi connectivity index (χ3v) is 6.01. The van der Waals surface area contributed by atoms with E-state index in [0.717, 1.165) is 0 Å². The third kappa shape index (κ3) is 3.04. The Morgan fingerprint density at radius 1 is 1.06 bits per heavy atom. The lowest BCUT2D eigenvalue weighted by molar-refractivity contribution is -0.143. The molecular weight excluding hydrogens is 412 g/mol. The maximum absolute atomic E-state index is 14.6. The molecule has 0 spiro atoms. The Labute approximate surface area is 184 Å². The van der Waals surface area contributed by atoms with Gasteiger partial charge in [-0.1, -0.05) is 30.3 Å². The van der Waals surface area contributed by atoms with Crippen LogP contribution >= 0.6 is 0 Å². The molecule has 0 aromatic heterocycles. The summed E-state index contributed by atoms with van der Waals surface area (Å²) in [5.41, 5.74) is 1.46. The van der Waals surface area contributed by atoms with Crippen LogP contribution in [0.15, 0.2) is 71.7 Å². The zero-order valence-corrected chi connectivity index (χ0v) is 17.4. The maximum atomic E-state index is 14.6. The molecule has 2 heterocycles. The number of benzene rings is 3. The molecule has 2 aliphatic rings. The van der Waals surface area contributed by atoms with Gasteiger partial charge in [0.15, 0.2) is 5.84 Å². The largest absolute Gasteiger partial charge is 0.467 e. The molecule has 3 aromatic rings. The molecule has 0 amide bonds. The number of anilines is 2. The van der Waals surface area contributed by atoms with Crippen LogP contribution in [-0.4, -0.2) is 25.5 Å². The SMILES string of the molecule is COC(=O)C1(c2ccc(F)cc2)Nc2ccccc2N=C1N1CCCc2c(F)cccc21. The molecule has 2 aliphatic heterocycles. The van der Waals surface area contributed by atoms with E-state index in [0.29, 0.717) is 53.4 Å². The average Bonchev–Trinajstić information content (AvgIpc) is 2.83. The molecule has 1 atom stereocenters. The van der Waals surface area contributed by atoms with Gasteiger partial charge >= 0.3 is 5.97 Å². The number of ether oxygens (including phenoxy) is 1. The van der Waals surface area contributed by atoms with E-state index in [1.54, 1.807) is 18.2 Å². The second-order valence-electron chi connectivity index (χ2n) is 7.82. The highest BCUT2D eigenvalue weighted by atomic mass is 19.1. The van der Waals surface area contributed by atoms with Crippen LogP contribution in [0.25, 0.3) is 0 Å². The number of aliphatic imine (C=N–C) groups is 1. The minimum Gasteiger partial charge on any atom is -0.467 e. The van der Waals surface area contributed by atoms with Crippen molar-refractivity contribution in [1.29, 1.82) is 0 Å². The Bertz CT molecular complexity index is 1230. The summed E-state index contributed by atoms with van der Waals surface area (Å²) in [6, 6.07) is 17.9. The van der Waals surface area contributed by atoms with E-state index < -0.39 is 17.3 Å². The lowest BCUT2D eigenvalue weighted by Gasteiger charge is -2.44. The topological polar surface area (TPSA) is 53.9 Å². The van der Waals surface area contributed by atoms with Gasteiger partial charge in [-0.3, -0.25) is 0 Å². The highest BCUT2D eigenvalue weighted by molar-refractivity contribution is 6.22. The molecule has 0 aliphatic carbocycles. The van der Waals surface area contributed by atoms with Gasteiger partial charge in [-0.15, -0.1) is 0 Å². The highest BCUT2D eigenvalue weighted by Crippen LogP contribution is 2.43. The number of halogens is 2. The minimum absolute atomic E-state index is 0.289. The maximum Gasteiger partial charge on any atom is 0.344 e. The second kappa shape index (κ2) is 7.75. The van der Waals surface area contributed by atoms with E-state index >= 15 is 0 Å². The quantitative estimate of drug-likeness (QED) is 0.582. The fourth-order valence-electron chi connectivity index (χ4n) is 4.51. The van der Waals surface area contributed by atoms with E-state index in [1.165, 1.54) is 25.3 Å². The summed E-state index contributed by atoms with van der Waals surface area (Å²) >= 11 is 0. The number of rotatable bonds is 2. The molecule has 5 nitrogen and oxygen atoms in total. The van der Waals surface area contributed by atoms with Crippen LogP contribution in [0.1, 0.15) is 17.5 Å². The summed E-state index contributed by atoms with van der Waals surface area (Å²) in [6.07, 6.45) is 1.28. The van der Waals surface area contributed by atoms with Crippen LogP contribution in [-0.2, 0) is 21.5 Å². The van der Waals surface area contributed by atoms with Gasteiger partial charge in [-0.2, -0.15) is 0 Å². The first kappa shape index (κ1) is 20.2. The molecule has 0 bridgehead atoms. The van der Waals surface area contributed by atoms with Crippen LogP contribution in [0.3, 0.4) is 0 Å². The van der Waals surface area contributed by atoms with Crippen molar-refractivity contribution < 1.29 is 18.3 Å². The number of amidine groups is 1. The van der Waals surface area contributed by atoms with Gasteiger partial charge in [-0.05, 0) is 54.8 Å². The fourth-order valence-corrected chi connectivity index (χ4v) is 4.51.